The van der Waals surface area contributed by atoms with Crippen LogP contribution in [0.2, 0.25) is 0 Å². The first-order valence-corrected chi connectivity index (χ1v) is 8.04. The molecule has 0 aliphatic rings. The summed E-state index contributed by atoms with van der Waals surface area (Å²) in [5, 5.41) is 5.81. The van der Waals surface area contributed by atoms with Crippen molar-refractivity contribution in [2.24, 2.45) is 0 Å². The Hall–Kier alpha value is -3.28. The molecule has 132 valence electrons. The van der Waals surface area contributed by atoms with E-state index in [-0.39, 0.29) is 5.56 Å². The van der Waals surface area contributed by atoms with Crippen LogP contribution in [-0.4, -0.2) is 10.9 Å². The molecule has 26 heavy (non-hydrogen) atoms. The van der Waals surface area contributed by atoms with Gasteiger partial charge in [-0.15, -0.1) is 0 Å². The molecule has 4 nitrogen and oxygen atoms in total. The van der Waals surface area contributed by atoms with Crippen molar-refractivity contribution in [3.8, 4) is 0 Å². The van der Waals surface area contributed by atoms with Crippen molar-refractivity contribution in [1.29, 1.82) is 0 Å². The van der Waals surface area contributed by atoms with Gasteiger partial charge in [0.05, 0.1) is 11.9 Å². The number of halogens is 2. The van der Waals surface area contributed by atoms with Crippen molar-refractivity contribution < 1.29 is 13.6 Å². The summed E-state index contributed by atoms with van der Waals surface area (Å²) in [5.41, 5.74) is 2.85. The van der Waals surface area contributed by atoms with Crippen LogP contribution >= 0.6 is 0 Å². The van der Waals surface area contributed by atoms with Crippen LogP contribution in [0.3, 0.4) is 0 Å². The van der Waals surface area contributed by atoms with Crippen molar-refractivity contribution in [1.82, 2.24) is 4.98 Å². The smallest absolute Gasteiger partial charge is 0.255 e. The Balaban J connectivity index is 1.61. The highest BCUT2D eigenvalue weighted by Gasteiger charge is 2.10. The number of anilines is 2. The predicted molar refractivity (Wildman–Crippen MR) is 97.1 cm³/mol. The molecule has 2 N–H and O–H groups in total. The molecule has 6 heteroatoms. The van der Waals surface area contributed by atoms with Crippen molar-refractivity contribution in [2.45, 2.75) is 13.5 Å². The van der Waals surface area contributed by atoms with E-state index in [9.17, 15) is 13.6 Å². The number of benzene rings is 2. The Labute approximate surface area is 149 Å². The number of carbonyl (C=O) groups excluding carboxylic acids is 1. The Morgan fingerprint density at radius 2 is 1.85 bits per heavy atom. The molecule has 0 atom stereocenters. The Bertz CT molecular complexity index is 927. The van der Waals surface area contributed by atoms with Crippen LogP contribution in [-0.2, 0) is 6.54 Å². The fraction of sp³-hybridized carbons (Fsp3) is 0.100. The van der Waals surface area contributed by atoms with Crippen LogP contribution in [0.4, 0.5) is 20.3 Å². The van der Waals surface area contributed by atoms with Crippen molar-refractivity contribution >= 4 is 17.4 Å². The van der Waals surface area contributed by atoms with Crippen LogP contribution in [0, 0.1) is 18.6 Å². The maximum absolute atomic E-state index is 13.2. The molecule has 0 saturated heterocycles. The van der Waals surface area contributed by atoms with E-state index in [0.717, 1.165) is 12.1 Å². The summed E-state index contributed by atoms with van der Waals surface area (Å²) < 4.78 is 26.1. The maximum Gasteiger partial charge on any atom is 0.255 e. The second kappa shape index (κ2) is 7.74. The fourth-order valence-corrected chi connectivity index (χ4v) is 2.41. The monoisotopic (exact) mass is 353 g/mol. The zero-order chi connectivity index (χ0) is 18.5. The molecule has 0 spiro atoms. The number of aromatic nitrogens is 1. The first kappa shape index (κ1) is 17.5. The van der Waals surface area contributed by atoms with Gasteiger partial charge in [-0.1, -0.05) is 24.3 Å². The summed E-state index contributed by atoms with van der Waals surface area (Å²) in [6.45, 7) is 2.68. The highest BCUT2D eigenvalue weighted by atomic mass is 19.2. The standard InChI is InChI=1S/C20H17F2N3O/c1-13-4-2-3-5-15(13)11-23-19-9-7-16(12-24-19)25-20(26)14-6-8-17(21)18(22)10-14/h2-10,12H,11H2,1H3,(H,23,24)(H,25,26). The van der Waals surface area contributed by atoms with E-state index < -0.39 is 17.5 Å². The van der Waals surface area contributed by atoms with E-state index in [4.69, 9.17) is 0 Å². The number of rotatable bonds is 5. The van der Waals surface area contributed by atoms with Crippen LogP contribution < -0.4 is 10.6 Å². The van der Waals surface area contributed by atoms with Gasteiger partial charge in [0.2, 0.25) is 0 Å². The first-order valence-electron chi connectivity index (χ1n) is 8.04. The molecule has 0 bridgehead atoms. The van der Waals surface area contributed by atoms with Gasteiger partial charge in [0, 0.05) is 12.1 Å². The molecule has 1 amide bonds. The fourth-order valence-electron chi connectivity index (χ4n) is 2.41. The number of aryl methyl sites for hydroxylation is 1. The first-order chi connectivity index (χ1) is 12.5. The lowest BCUT2D eigenvalue weighted by Gasteiger charge is -2.09. The van der Waals surface area contributed by atoms with Crippen molar-refractivity contribution in [3.63, 3.8) is 0 Å². The SMILES string of the molecule is Cc1ccccc1CNc1ccc(NC(=O)c2ccc(F)c(F)c2)cn1. The van der Waals surface area contributed by atoms with E-state index in [2.05, 4.69) is 15.6 Å². The van der Waals surface area contributed by atoms with Crippen molar-refractivity contribution in [3.05, 3.63) is 89.1 Å². The third-order valence-electron chi connectivity index (χ3n) is 3.92. The summed E-state index contributed by atoms with van der Waals surface area (Å²) in [6.07, 6.45) is 1.50. The molecule has 1 aromatic heterocycles. The van der Waals surface area contributed by atoms with E-state index in [1.165, 1.54) is 23.4 Å². The highest BCUT2D eigenvalue weighted by molar-refractivity contribution is 6.04. The summed E-state index contributed by atoms with van der Waals surface area (Å²) in [7, 11) is 0. The largest absolute Gasteiger partial charge is 0.366 e. The van der Waals surface area contributed by atoms with E-state index in [0.29, 0.717) is 18.1 Å². The normalized spacial score (nSPS) is 10.4. The minimum atomic E-state index is -1.06. The van der Waals surface area contributed by atoms with Crippen LogP contribution in [0.1, 0.15) is 21.5 Å². The number of amides is 1. The Morgan fingerprint density at radius 3 is 2.54 bits per heavy atom. The molecule has 0 unspecified atom stereocenters. The second-order valence-corrected chi connectivity index (χ2v) is 5.80. The Morgan fingerprint density at radius 1 is 1.04 bits per heavy atom. The average molecular weight is 353 g/mol. The average Bonchev–Trinajstić information content (AvgIpc) is 2.64. The molecule has 3 rings (SSSR count). The Kier molecular flexibility index (Phi) is 5.22. The predicted octanol–water partition coefficient (Wildman–Crippen LogP) is 4.53. The maximum atomic E-state index is 13.2. The van der Waals surface area contributed by atoms with Gasteiger partial charge in [-0.2, -0.15) is 0 Å². The molecule has 0 saturated carbocycles. The number of nitrogens with one attached hydrogen (secondary N) is 2. The molecule has 2 aromatic carbocycles. The lowest BCUT2D eigenvalue weighted by molar-refractivity contribution is 0.102. The summed E-state index contributed by atoms with van der Waals surface area (Å²) in [6, 6.07) is 14.5. The topological polar surface area (TPSA) is 54.0 Å². The van der Waals surface area contributed by atoms with Gasteiger partial charge < -0.3 is 10.6 Å². The lowest BCUT2D eigenvalue weighted by Crippen LogP contribution is -2.12. The summed E-state index contributed by atoms with van der Waals surface area (Å²) in [4.78, 5) is 16.3. The quantitative estimate of drug-likeness (QED) is 0.708. The summed E-state index contributed by atoms with van der Waals surface area (Å²) >= 11 is 0. The molecular weight excluding hydrogens is 336 g/mol. The molecule has 0 fully saturated rings. The molecule has 0 radical (unpaired) electrons. The molecule has 3 aromatic rings. The van der Waals surface area contributed by atoms with Crippen LogP contribution in [0.25, 0.3) is 0 Å². The van der Waals surface area contributed by atoms with Gasteiger partial charge >= 0.3 is 0 Å². The van der Waals surface area contributed by atoms with Gasteiger partial charge in [0.25, 0.3) is 5.91 Å². The number of pyridine rings is 1. The number of carbonyl (C=O) groups is 1. The van der Waals surface area contributed by atoms with Gasteiger partial charge in [-0.05, 0) is 48.4 Å². The third kappa shape index (κ3) is 4.22. The molecule has 1 heterocycles. The zero-order valence-corrected chi connectivity index (χ0v) is 14.1. The van der Waals surface area contributed by atoms with Crippen LogP contribution in [0.5, 0.6) is 0 Å². The molecule has 0 aliphatic heterocycles. The van der Waals surface area contributed by atoms with Gasteiger partial charge in [0.1, 0.15) is 5.82 Å². The molecular formula is C20H17F2N3O. The number of hydrogen-bond acceptors (Lipinski definition) is 3. The zero-order valence-electron chi connectivity index (χ0n) is 14.1. The third-order valence-corrected chi connectivity index (χ3v) is 3.92. The number of nitrogens with zero attached hydrogens (tertiary/aromatic N) is 1. The van der Waals surface area contributed by atoms with E-state index in [1.807, 2.05) is 31.2 Å². The minimum Gasteiger partial charge on any atom is -0.366 e. The van der Waals surface area contributed by atoms with Gasteiger partial charge in [-0.3, -0.25) is 4.79 Å². The van der Waals surface area contributed by atoms with Gasteiger partial charge in [-0.25, -0.2) is 13.8 Å². The second-order valence-electron chi connectivity index (χ2n) is 5.80. The van der Waals surface area contributed by atoms with Crippen molar-refractivity contribution in [2.75, 3.05) is 10.6 Å². The van der Waals surface area contributed by atoms with E-state index in [1.54, 1.807) is 12.1 Å². The molecule has 0 aliphatic carbocycles. The van der Waals surface area contributed by atoms with Gasteiger partial charge in [0.15, 0.2) is 11.6 Å². The van der Waals surface area contributed by atoms with E-state index >= 15 is 0 Å². The summed E-state index contributed by atoms with van der Waals surface area (Å²) in [5.74, 6) is -1.93. The minimum absolute atomic E-state index is 0.0330. The lowest BCUT2D eigenvalue weighted by atomic mass is 10.1. The van der Waals surface area contributed by atoms with Crippen LogP contribution in [0.15, 0.2) is 60.8 Å². The highest BCUT2D eigenvalue weighted by Crippen LogP contribution is 2.15. The number of hydrogen-bond donors (Lipinski definition) is 2.